The zero-order chi connectivity index (χ0) is 15.5. The highest BCUT2D eigenvalue weighted by atomic mass is 32.2. The Hall–Kier alpha value is -1.31. The number of benzene rings is 1. The molecular weight excluding hydrogens is 336 g/mol. The number of ketones is 1. The number of amides is 1. The van der Waals surface area contributed by atoms with Gasteiger partial charge in [-0.2, -0.15) is 0 Å². The van der Waals surface area contributed by atoms with Crippen LogP contribution in [0.5, 0.6) is 0 Å². The molecule has 0 atom stereocenters. The summed E-state index contributed by atoms with van der Waals surface area (Å²) in [7, 11) is 0. The first-order valence-electron chi connectivity index (χ1n) is 6.74. The molecule has 1 aromatic carbocycles. The van der Waals surface area contributed by atoms with Gasteiger partial charge >= 0.3 is 0 Å². The van der Waals surface area contributed by atoms with Gasteiger partial charge in [-0.3, -0.25) is 14.9 Å². The fourth-order valence-electron chi connectivity index (χ4n) is 2.00. The Balaban J connectivity index is 1.67. The number of nitrogens with zero attached hydrogens (tertiary/aromatic N) is 1. The monoisotopic (exact) mass is 350 g/mol. The highest BCUT2D eigenvalue weighted by Crippen LogP contribution is 2.45. The fraction of sp³-hybridized carbons (Fsp3) is 0.267. The minimum Gasteiger partial charge on any atom is -0.298 e. The zero-order valence-corrected chi connectivity index (χ0v) is 14.3. The molecule has 1 fully saturated rings. The number of thioether (sulfide) groups is 2. The molecule has 22 heavy (non-hydrogen) atoms. The molecule has 0 bridgehead atoms. The summed E-state index contributed by atoms with van der Waals surface area (Å²) < 4.78 is 0.481. The lowest BCUT2D eigenvalue weighted by atomic mass is 10.1. The van der Waals surface area contributed by atoms with Gasteiger partial charge in [0.1, 0.15) is 5.69 Å². The first kappa shape index (κ1) is 15.6. The van der Waals surface area contributed by atoms with E-state index in [2.05, 4.69) is 10.3 Å². The molecule has 1 N–H and O–H groups in total. The van der Waals surface area contributed by atoms with Crippen molar-refractivity contribution in [3.63, 3.8) is 0 Å². The maximum atomic E-state index is 12.2. The first-order chi connectivity index (χ1) is 10.6. The van der Waals surface area contributed by atoms with E-state index in [-0.39, 0.29) is 11.7 Å². The third-order valence-electron chi connectivity index (χ3n) is 3.15. The SMILES string of the molecule is CC(=O)c1csc(NC(=O)c2ccc(C3SCCS3)cc2)n1. The summed E-state index contributed by atoms with van der Waals surface area (Å²) in [5.74, 6) is 2.05. The van der Waals surface area contributed by atoms with Gasteiger partial charge in [-0.1, -0.05) is 12.1 Å². The van der Waals surface area contributed by atoms with Crippen molar-refractivity contribution in [1.29, 1.82) is 0 Å². The second-order valence-electron chi connectivity index (χ2n) is 4.74. The average Bonchev–Trinajstić information content (AvgIpc) is 3.19. The number of nitrogens with one attached hydrogen (secondary N) is 1. The predicted octanol–water partition coefficient (Wildman–Crippen LogP) is 4.08. The van der Waals surface area contributed by atoms with Crippen molar-refractivity contribution in [2.75, 3.05) is 16.8 Å². The van der Waals surface area contributed by atoms with Crippen LogP contribution in [-0.2, 0) is 0 Å². The second kappa shape index (κ2) is 6.85. The van der Waals surface area contributed by atoms with E-state index in [1.807, 2.05) is 47.8 Å². The van der Waals surface area contributed by atoms with Crippen LogP contribution in [0.3, 0.4) is 0 Å². The van der Waals surface area contributed by atoms with E-state index >= 15 is 0 Å². The van der Waals surface area contributed by atoms with E-state index in [9.17, 15) is 9.59 Å². The number of carbonyl (C=O) groups excluding carboxylic acids is 2. The molecule has 3 rings (SSSR count). The Morgan fingerprint density at radius 2 is 1.86 bits per heavy atom. The molecule has 1 aliphatic heterocycles. The van der Waals surface area contributed by atoms with Gasteiger partial charge in [-0.05, 0) is 17.7 Å². The van der Waals surface area contributed by atoms with Gasteiger partial charge in [0, 0.05) is 29.4 Å². The van der Waals surface area contributed by atoms with E-state index in [0.29, 0.717) is 21.0 Å². The van der Waals surface area contributed by atoms with E-state index < -0.39 is 0 Å². The van der Waals surface area contributed by atoms with E-state index in [0.717, 1.165) is 0 Å². The molecule has 7 heteroatoms. The Morgan fingerprint density at radius 1 is 1.18 bits per heavy atom. The summed E-state index contributed by atoms with van der Waals surface area (Å²) in [4.78, 5) is 27.5. The second-order valence-corrected chi connectivity index (χ2v) is 8.33. The van der Waals surface area contributed by atoms with Gasteiger partial charge < -0.3 is 0 Å². The molecule has 1 amide bonds. The summed E-state index contributed by atoms with van der Waals surface area (Å²) in [5, 5.41) is 4.82. The van der Waals surface area contributed by atoms with Crippen molar-refractivity contribution in [2.45, 2.75) is 11.5 Å². The van der Waals surface area contributed by atoms with Crippen LogP contribution >= 0.6 is 34.9 Å². The molecule has 0 unspecified atom stereocenters. The molecule has 1 aromatic heterocycles. The molecule has 1 saturated heterocycles. The van der Waals surface area contributed by atoms with E-state index in [1.54, 1.807) is 5.38 Å². The van der Waals surface area contributed by atoms with Gasteiger partial charge in [0.25, 0.3) is 5.91 Å². The van der Waals surface area contributed by atoms with Crippen molar-refractivity contribution in [3.05, 3.63) is 46.5 Å². The number of aromatic nitrogens is 1. The third-order valence-corrected chi connectivity index (χ3v) is 7.01. The summed E-state index contributed by atoms with van der Waals surface area (Å²) in [6, 6.07) is 7.69. The van der Waals surface area contributed by atoms with Gasteiger partial charge in [-0.25, -0.2) is 4.98 Å². The summed E-state index contributed by atoms with van der Waals surface area (Å²) in [6.07, 6.45) is 0. The van der Waals surface area contributed by atoms with Crippen molar-refractivity contribution >= 4 is 51.7 Å². The third kappa shape index (κ3) is 3.53. The topological polar surface area (TPSA) is 59.1 Å². The standard InChI is InChI=1S/C15H14N2O2S3/c1-9(18)12-8-22-15(16-12)17-13(19)10-2-4-11(5-3-10)14-20-6-7-21-14/h2-5,8,14H,6-7H2,1H3,(H,16,17,19). The normalized spacial score (nSPS) is 15.0. The first-order valence-corrected chi connectivity index (χ1v) is 9.72. The molecule has 114 valence electrons. The number of rotatable bonds is 4. The van der Waals surface area contributed by atoms with Gasteiger partial charge in [0.2, 0.25) is 0 Å². The Bertz CT molecular complexity index is 691. The minimum absolute atomic E-state index is 0.104. The average molecular weight is 350 g/mol. The number of thiazole rings is 1. The van der Waals surface area contributed by atoms with Crippen LogP contribution in [0.25, 0.3) is 0 Å². The van der Waals surface area contributed by atoms with Crippen molar-refractivity contribution in [2.24, 2.45) is 0 Å². The Morgan fingerprint density at radius 3 is 2.45 bits per heavy atom. The quantitative estimate of drug-likeness (QED) is 0.842. The zero-order valence-electron chi connectivity index (χ0n) is 11.9. The number of Topliss-reactive ketones (excluding diaryl/α,β-unsaturated/α-hetero) is 1. The largest absolute Gasteiger partial charge is 0.298 e. The molecule has 0 radical (unpaired) electrons. The Kier molecular flexibility index (Phi) is 4.85. The molecule has 4 nitrogen and oxygen atoms in total. The molecule has 0 spiro atoms. The lowest BCUT2D eigenvalue weighted by Crippen LogP contribution is -2.12. The van der Waals surface area contributed by atoms with Gasteiger partial charge in [0.05, 0.1) is 4.58 Å². The number of hydrogen-bond donors (Lipinski definition) is 1. The lowest BCUT2D eigenvalue weighted by molar-refractivity contribution is 0.100. The van der Waals surface area contributed by atoms with Crippen LogP contribution < -0.4 is 5.32 Å². The molecule has 2 aromatic rings. The number of carbonyl (C=O) groups is 2. The minimum atomic E-state index is -0.206. The fourth-order valence-corrected chi connectivity index (χ4v) is 5.61. The van der Waals surface area contributed by atoms with Crippen molar-refractivity contribution < 1.29 is 9.59 Å². The lowest BCUT2D eigenvalue weighted by Gasteiger charge is -2.09. The maximum Gasteiger partial charge on any atom is 0.257 e. The predicted molar refractivity (Wildman–Crippen MR) is 94.2 cm³/mol. The summed E-state index contributed by atoms with van der Waals surface area (Å²) >= 11 is 5.13. The van der Waals surface area contributed by atoms with E-state index in [4.69, 9.17) is 0 Å². The van der Waals surface area contributed by atoms with Crippen LogP contribution in [0.4, 0.5) is 5.13 Å². The van der Waals surface area contributed by atoms with E-state index in [1.165, 1.54) is 35.3 Å². The van der Waals surface area contributed by atoms with Crippen LogP contribution in [0, 0.1) is 0 Å². The molecule has 0 saturated carbocycles. The molecular formula is C15H14N2O2S3. The molecule has 2 heterocycles. The maximum absolute atomic E-state index is 12.2. The molecule has 0 aliphatic carbocycles. The number of hydrogen-bond acceptors (Lipinski definition) is 6. The Labute approximate surface area is 141 Å². The van der Waals surface area contributed by atoms with Crippen LogP contribution in [-0.4, -0.2) is 28.2 Å². The van der Waals surface area contributed by atoms with Gasteiger partial charge in [-0.15, -0.1) is 34.9 Å². The smallest absolute Gasteiger partial charge is 0.257 e. The van der Waals surface area contributed by atoms with Crippen LogP contribution in [0.2, 0.25) is 0 Å². The summed E-state index contributed by atoms with van der Waals surface area (Å²) in [6.45, 7) is 1.46. The number of anilines is 1. The van der Waals surface area contributed by atoms with Crippen LogP contribution in [0.1, 0.15) is 37.9 Å². The highest BCUT2D eigenvalue weighted by Gasteiger charge is 2.18. The van der Waals surface area contributed by atoms with Crippen LogP contribution in [0.15, 0.2) is 29.6 Å². The highest BCUT2D eigenvalue weighted by molar-refractivity contribution is 8.19. The summed E-state index contributed by atoms with van der Waals surface area (Å²) in [5.41, 5.74) is 2.22. The molecule has 1 aliphatic rings. The van der Waals surface area contributed by atoms with Gasteiger partial charge in [0.15, 0.2) is 10.9 Å². The van der Waals surface area contributed by atoms with Crippen molar-refractivity contribution in [1.82, 2.24) is 4.98 Å². The van der Waals surface area contributed by atoms with Crippen molar-refractivity contribution in [3.8, 4) is 0 Å².